The predicted octanol–water partition coefficient (Wildman–Crippen LogP) is 2.55. The Bertz CT molecular complexity index is 788. The molecule has 130 valence electrons. The summed E-state index contributed by atoms with van der Waals surface area (Å²) in [7, 11) is 1.51. The minimum Gasteiger partial charge on any atom is -0.497 e. The van der Waals surface area contributed by atoms with Crippen LogP contribution in [0.4, 0.5) is 5.69 Å². The van der Waals surface area contributed by atoms with Crippen LogP contribution in [-0.2, 0) is 4.79 Å². The van der Waals surface area contributed by atoms with Crippen LogP contribution in [0, 0.1) is 10.1 Å². The van der Waals surface area contributed by atoms with Crippen molar-refractivity contribution in [2.24, 2.45) is 0 Å². The van der Waals surface area contributed by atoms with E-state index in [1.807, 2.05) is 0 Å². The minimum atomic E-state index is -1.08. The van der Waals surface area contributed by atoms with Gasteiger partial charge in [-0.25, -0.2) is 0 Å². The fraction of sp³-hybridized carbons (Fsp3) is 0.176. The van der Waals surface area contributed by atoms with Gasteiger partial charge >= 0.3 is 5.97 Å². The van der Waals surface area contributed by atoms with E-state index in [-0.39, 0.29) is 17.7 Å². The molecular weight excluding hydrogens is 328 g/mol. The van der Waals surface area contributed by atoms with E-state index in [9.17, 15) is 19.7 Å². The first-order valence-corrected chi connectivity index (χ1v) is 7.31. The number of aliphatic carboxylic acids is 1. The van der Waals surface area contributed by atoms with Gasteiger partial charge in [0.25, 0.3) is 11.6 Å². The molecule has 2 rings (SSSR count). The number of methoxy groups -OCH3 is 1. The number of hydrogen-bond donors (Lipinski definition) is 2. The lowest BCUT2D eigenvalue weighted by Gasteiger charge is -2.18. The second-order valence-corrected chi connectivity index (χ2v) is 5.20. The summed E-state index contributed by atoms with van der Waals surface area (Å²) in [5, 5.41) is 22.5. The molecule has 1 atom stereocenters. The number of benzene rings is 2. The molecule has 0 radical (unpaired) electrons. The van der Waals surface area contributed by atoms with Crippen LogP contribution in [0.25, 0.3) is 0 Å². The zero-order valence-corrected chi connectivity index (χ0v) is 13.3. The van der Waals surface area contributed by atoms with E-state index in [0.29, 0.717) is 11.3 Å². The Kier molecular flexibility index (Phi) is 5.67. The minimum absolute atomic E-state index is 0.0816. The molecule has 0 aliphatic rings. The maximum atomic E-state index is 12.4. The summed E-state index contributed by atoms with van der Waals surface area (Å²) in [6.07, 6.45) is -0.326. The van der Waals surface area contributed by atoms with Crippen LogP contribution >= 0.6 is 0 Å². The highest BCUT2D eigenvalue weighted by molar-refractivity contribution is 5.95. The predicted molar refractivity (Wildman–Crippen MR) is 88.6 cm³/mol. The third-order valence-electron chi connectivity index (χ3n) is 3.52. The van der Waals surface area contributed by atoms with E-state index in [1.165, 1.54) is 25.3 Å². The van der Waals surface area contributed by atoms with Gasteiger partial charge in [-0.3, -0.25) is 19.7 Å². The number of amides is 1. The number of carbonyl (C=O) groups is 2. The highest BCUT2D eigenvalue weighted by atomic mass is 16.6. The SMILES string of the molecule is COc1ccc([C@@H](CC(=O)O)NC(=O)c2cccc([N+](=O)[O-])c2)cc1. The standard InChI is InChI=1S/C17H16N2O6/c1-25-14-7-5-11(6-8-14)15(10-16(20)21)18-17(22)12-3-2-4-13(9-12)19(23)24/h2-9,15H,10H2,1H3,(H,18,22)(H,20,21)/t15-/m1/s1. The molecule has 0 heterocycles. The molecule has 2 aromatic carbocycles. The monoisotopic (exact) mass is 344 g/mol. The molecule has 8 heteroatoms. The molecule has 0 unspecified atom stereocenters. The van der Waals surface area contributed by atoms with Crippen molar-refractivity contribution < 1.29 is 24.4 Å². The third kappa shape index (κ3) is 4.77. The highest BCUT2D eigenvalue weighted by Gasteiger charge is 2.20. The number of carboxylic acid groups (broad SMARTS) is 1. The molecule has 25 heavy (non-hydrogen) atoms. The Morgan fingerprint density at radius 3 is 2.48 bits per heavy atom. The van der Waals surface area contributed by atoms with Crippen molar-refractivity contribution in [1.82, 2.24) is 5.32 Å². The van der Waals surface area contributed by atoms with E-state index in [4.69, 9.17) is 9.84 Å². The largest absolute Gasteiger partial charge is 0.497 e. The summed E-state index contributed by atoms with van der Waals surface area (Å²) < 4.78 is 5.05. The van der Waals surface area contributed by atoms with Crippen LogP contribution in [0.3, 0.4) is 0 Å². The van der Waals surface area contributed by atoms with Gasteiger partial charge in [-0.1, -0.05) is 18.2 Å². The molecule has 1 amide bonds. The van der Waals surface area contributed by atoms with E-state index in [2.05, 4.69) is 5.32 Å². The van der Waals surface area contributed by atoms with Gasteiger partial charge in [0.15, 0.2) is 0 Å². The summed E-state index contributed by atoms with van der Waals surface area (Å²) in [6, 6.07) is 11.1. The fourth-order valence-electron chi connectivity index (χ4n) is 2.27. The number of nitrogens with zero attached hydrogens (tertiary/aromatic N) is 1. The Hall–Kier alpha value is -3.42. The van der Waals surface area contributed by atoms with Crippen LogP contribution in [0.1, 0.15) is 28.4 Å². The lowest BCUT2D eigenvalue weighted by molar-refractivity contribution is -0.384. The molecule has 8 nitrogen and oxygen atoms in total. The van der Waals surface area contributed by atoms with Gasteiger partial charge in [-0.05, 0) is 23.8 Å². The molecule has 0 fully saturated rings. The number of carbonyl (C=O) groups excluding carboxylic acids is 1. The van der Waals surface area contributed by atoms with Crippen molar-refractivity contribution in [3.63, 3.8) is 0 Å². The van der Waals surface area contributed by atoms with Crippen LogP contribution in [0.15, 0.2) is 48.5 Å². The number of ether oxygens (including phenoxy) is 1. The van der Waals surface area contributed by atoms with Crippen molar-refractivity contribution >= 4 is 17.6 Å². The van der Waals surface area contributed by atoms with Crippen molar-refractivity contribution in [3.05, 3.63) is 69.8 Å². The Morgan fingerprint density at radius 2 is 1.92 bits per heavy atom. The van der Waals surface area contributed by atoms with Gasteiger partial charge in [-0.15, -0.1) is 0 Å². The smallest absolute Gasteiger partial charge is 0.305 e. The lowest BCUT2D eigenvalue weighted by atomic mass is 10.0. The highest BCUT2D eigenvalue weighted by Crippen LogP contribution is 2.21. The quantitative estimate of drug-likeness (QED) is 0.588. The second-order valence-electron chi connectivity index (χ2n) is 5.20. The number of non-ortho nitro benzene ring substituents is 1. The molecule has 2 N–H and O–H groups in total. The van der Waals surface area contributed by atoms with Gasteiger partial charge < -0.3 is 15.2 Å². The van der Waals surface area contributed by atoms with E-state index in [0.717, 1.165) is 6.07 Å². The maximum Gasteiger partial charge on any atom is 0.305 e. The Balaban J connectivity index is 2.23. The molecule has 0 aromatic heterocycles. The zero-order valence-electron chi connectivity index (χ0n) is 13.3. The molecule has 0 aliphatic heterocycles. The fourth-order valence-corrected chi connectivity index (χ4v) is 2.27. The number of rotatable bonds is 7. The number of hydrogen-bond acceptors (Lipinski definition) is 5. The summed E-state index contributed by atoms with van der Waals surface area (Å²) >= 11 is 0. The molecule has 0 aliphatic carbocycles. The number of carboxylic acids is 1. The van der Waals surface area contributed by atoms with Gasteiger partial charge in [0.1, 0.15) is 5.75 Å². The summed E-state index contributed by atoms with van der Waals surface area (Å²) in [6.45, 7) is 0. The molecule has 0 bridgehead atoms. The molecule has 0 saturated heterocycles. The third-order valence-corrected chi connectivity index (χ3v) is 3.52. The average Bonchev–Trinajstić information content (AvgIpc) is 2.61. The number of nitro benzene ring substituents is 1. The Morgan fingerprint density at radius 1 is 1.24 bits per heavy atom. The van der Waals surface area contributed by atoms with Gasteiger partial charge in [0.2, 0.25) is 0 Å². The van der Waals surface area contributed by atoms with Crippen LogP contribution in [0.5, 0.6) is 5.75 Å². The van der Waals surface area contributed by atoms with Crippen molar-refractivity contribution in [2.75, 3.05) is 7.11 Å². The Labute approximate surface area is 143 Å². The maximum absolute atomic E-state index is 12.4. The summed E-state index contributed by atoms with van der Waals surface area (Å²) in [4.78, 5) is 33.7. The normalized spacial score (nSPS) is 11.4. The molecule has 2 aromatic rings. The first-order chi connectivity index (χ1) is 11.9. The van der Waals surface area contributed by atoms with E-state index >= 15 is 0 Å². The summed E-state index contributed by atoms with van der Waals surface area (Å²) in [5.41, 5.74) is 0.451. The topological polar surface area (TPSA) is 119 Å². The van der Waals surface area contributed by atoms with Crippen LogP contribution < -0.4 is 10.1 Å². The van der Waals surface area contributed by atoms with Gasteiger partial charge in [-0.2, -0.15) is 0 Å². The summed E-state index contributed by atoms with van der Waals surface area (Å²) in [5.74, 6) is -1.08. The van der Waals surface area contributed by atoms with Gasteiger partial charge in [0.05, 0.1) is 24.5 Å². The first kappa shape index (κ1) is 17.9. The van der Waals surface area contributed by atoms with Crippen molar-refractivity contribution in [3.8, 4) is 5.75 Å². The van der Waals surface area contributed by atoms with E-state index < -0.39 is 22.8 Å². The number of nitrogens with one attached hydrogen (secondary N) is 1. The van der Waals surface area contributed by atoms with Crippen molar-refractivity contribution in [1.29, 1.82) is 0 Å². The van der Waals surface area contributed by atoms with Crippen LogP contribution in [-0.4, -0.2) is 29.0 Å². The molecule has 0 spiro atoms. The average molecular weight is 344 g/mol. The zero-order chi connectivity index (χ0) is 18.4. The van der Waals surface area contributed by atoms with Crippen molar-refractivity contribution in [2.45, 2.75) is 12.5 Å². The number of nitro groups is 1. The van der Waals surface area contributed by atoms with Gasteiger partial charge in [0, 0.05) is 17.7 Å². The van der Waals surface area contributed by atoms with E-state index in [1.54, 1.807) is 24.3 Å². The lowest BCUT2D eigenvalue weighted by Crippen LogP contribution is -2.30. The van der Waals surface area contributed by atoms with Crippen LogP contribution in [0.2, 0.25) is 0 Å². The molecular formula is C17H16N2O6. The molecule has 0 saturated carbocycles. The first-order valence-electron chi connectivity index (χ1n) is 7.31. The second kappa shape index (κ2) is 7.91.